The number of methoxy groups -OCH3 is 1. The molecule has 0 saturated carbocycles. The predicted molar refractivity (Wildman–Crippen MR) is 132 cm³/mol. The van der Waals surface area contributed by atoms with E-state index in [2.05, 4.69) is 23.5 Å². The van der Waals surface area contributed by atoms with Gasteiger partial charge in [0.05, 0.1) is 17.9 Å². The first-order valence-electron chi connectivity index (χ1n) is 11.9. The van der Waals surface area contributed by atoms with Crippen LogP contribution in [0.25, 0.3) is 0 Å². The summed E-state index contributed by atoms with van der Waals surface area (Å²) in [5.41, 5.74) is 0.645. The molecule has 0 spiro atoms. The molecule has 2 aliphatic heterocycles. The third-order valence-electron chi connectivity index (χ3n) is 6.71. The Morgan fingerprint density at radius 3 is 2.53 bits per heavy atom. The smallest absolute Gasteiger partial charge is 0.257 e. The van der Waals surface area contributed by atoms with Crippen molar-refractivity contribution < 1.29 is 27.4 Å². The molecule has 1 aromatic carbocycles. The molecule has 10 heteroatoms. The van der Waals surface area contributed by atoms with Crippen LogP contribution in [-0.2, 0) is 19.5 Å². The summed E-state index contributed by atoms with van der Waals surface area (Å²) < 4.78 is 43.4. The zero-order chi connectivity index (χ0) is 24.9. The quantitative estimate of drug-likeness (QED) is 0.667. The van der Waals surface area contributed by atoms with Crippen LogP contribution in [0.1, 0.15) is 37.0 Å². The summed E-state index contributed by atoms with van der Waals surface area (Å²) in [6.45, 7) is 8.56. The fourth-order valence-electron chi connectivity index (χ4n) is 4.64. The van der Waals surface area contributed by atoms with E-state index >= 15 is 0 Å². The number of rotatable bonds is 5. The summed E-state index contributed by atoms with van der Waals surface area (Å²) in [5, 5.41) is 0. The van der Waals surface area contributed by atoms with Gasteiger partial charge in [0.25, 0.3) is 5.91 Å². The maximum atomic E-state index is 13.3. The highest BCUT2D eigenvalue weighted by atomic mass is 32.2. The molecule has 2 aliphatic rings. The zero-order valence-corrected chi connectivity index (χ0v) is 21.8. The molecule has 34 heavy (non-hydrogen) atoms. The van der Waals surface area contributed by atoms with Crippen LogP contribution in [0, 0.1) is 11.8 Å². The third kappa shape index (κ3) is 7.31. The van der Waals surface area contributed by atoms with Crippen LogP contribution in [0.15, 0.2) is 18.2 Å². The van der Waals surface area contributed by atoms with E-state index in [1.807, 2.05) is 0 Å². The summed E-state index contributed by atoms with van der Waals surface area (Å²) in [6.07, 6.45) is 3.06. The van der Waals surface area contributed by atoms with Gasteiger partial charge >= 0.3 is 0 Å². The molecule has 0 aromatic heterocycles. The van der Waals surface area contributed by atoms with E-state index in [9.17, 15) is 13.2 Å². The zero-order valence-electron chi connectivity index (χ0n) is 21.0. The molecule has 9 nitrogen and oxygen atoms in total. The van der Waals surface area contributed by atoms with Crippen LogP contribution in [0.3, 0.4) is 0 Å². The molecule has 0 unspecified atom stereocenters. The van der Waals surface area contributed by atoms with Crippen LogP contribution in [0.5, 0.6) is 5.75 Å². The van der Waals surface area contributed by atoms with Crippen molar-refractivity contribution in [2.24, 2.45) is 11.8 Å². The molecule has 0 bridgehead atoms. The Morgan fingerprint density at radius 2 is 1.88 bits per heavy atom. The number of hydrogen-bond acceptors (Lipinski definition) is 7. The van der Waals surface area contributed by atoms with Gasteiger partial charge in [-0.1, -0.05) is 6.92 Å². The second kappa shape index (κ2) is 11.7. The largest absolute Gasteiger partial charge is 0.491 e. The number of hydrogen-bond donors (Lipinski definition) is 1. The molecule has 1 amide bonds. The molecule has 0 radical (unpaired) electrons. The molecule has 3 rings (SSSR count). The number of fused-ring (bicyclic) bond motifs is 1. The Kier molecular flexibility index (Phi) is 9.20. The Bertz CT molecular complexity index is 935. The van der Waals surface area contributed by atoms with Crippen molar-refractivity contribution in [3.8, 4) is 5.75 Å². The number of carbonyl (C=O) groups is 1. The number of ether oxygens (including phenoxy) is 3. The summed E-state index contributed by atoms with van der Waals surface area (Å²) in [7, 11) is -0.0611. The van der Waals surface area contributed by atoms with Gasteiger partial charge in [-0.3, -0.25) is 14.4 Å². The third-order valence-corrected chi connectivity index (χ3v) is 7.32. The Morgan fingerprint density at radius 1 is 1.18 bits per heavy atom. The molecule has 192 valence electrons. The van der Waals surface area contributed by atoms with Crippen molar-refractivity contribution in [3.63, 3.8) is 0 Å². The topological polar surface area (TPSA) is 97.4 Å². The van der Waals surface area contributed by atoms with Crippen molar-refractivity contribution in [2.45, 2.75) is 38.8 Å². The lowest BCUT2D eigenvalue weighted by Gasteiger charge is -2.38. The minimum absolute atomic E-state index is 0.122. The van der Waals surface area contributed by atoms with E-state index in [4.69, 9.17) is 14.2 Å². The van der Waals surface area contributed by atoms with Gasteiger partial charge in [0.1, 0.15) is 12.4 Å². The lowest BCUT2D eigenvalue weighted by molar-refractivity contribution is 0.0000232. The molecular formula is C24H39N3O6S. The van der Waals surface area contributed by atoms with Gasteiger partial charge in [0.15, 0.2) is 0 Å². The van der Waals surface area contributed by atoms with Gasteiger partial charge in [-0.15, -0.1) is 0 Å². The normalized spacial score (nSPS) is 26.2. The van der Waals surface area contributed by atoms with Crippen molar-refractivity contribution >= 4 is 21.6 Å². The predicted octanol–water partition coefficient (Wildman–Crippen LogP) is 2.29. The van der Waals surface area contributed by atoms with Gasteiger partial charge in [-0.25, -0.2) is 8.42 Å². The van der Waals surface area contributed by atoms with Crippen LogP contribution in [-0.4, -0.2) is 96.1 Å². The highest BCUT2D eigenvalue weighted by molar-refractivity contribution is 7.92. The highest BCUT2D eigenvalue weighted by Crippen LogP contribution is 2.27. The van der Waals surface area contributed by atoms with Crippen molar-refractivity contribution in [2.75, 3.05) is 64.6 Å². The number of benzene rings is 1. The minimum atomic E-state index is -3.48. The number of nitrogens with zero attached hydrogens (tertiary/aromatic N) is 2. The van der Waals surface area contributed by atoms with Crippen molar-refractivity contribution in [3.05, 3.63) is 23.8 Å². The van der Waals surface area contributed by atoms with Crippen molar-refractivity contribution in [1.82, 2.24) is 9.80 Å². The second-order valence-electron chi connectivity index (χ2n) is 9.69. The van der Waals surface area contributed by atoms with Gasteiger partial charge in [-0.2, -0.15) is 0 Å². The maximum absolute atomic E-state index is 13.3. The monoisotopic (exact) mass is 497 g/mol. The molecule has 1 N–H and O–H groups in total. The average Bonchev–Trinajstić information content (AvgIpc) is 2.79. The Balaban J connectivity index is 1.91. The van der Waals surface area contributed by atoms with Gasteiger partial charge < -0.3 is 19.1 Å². The number of anilines is 1. The number of nitrogens with one attached hydrogen (secondary N) is 1. The summed E-state index contributed by atoms with van der Waals surface area (Å²) in [5.74, 6) is 0.975. The van der Waals surface area contributed by atoms with Crippen LogP contribution >= 0.6 is 0 Å². The first-order valence-corrected chi connectivity index (χ1v) is 13.8. The van der Waals surface area contributed by atoms with E-state index in [1.54, 1.807) is 31.2 Å². The molecule has 1 fully saturated rings. The van der Waals surface area contributed by atoms with E-state index in [1.165, 1.54) is 6.07 Å². The Hall–Kier alpha value is -1.88. The molecule has 1 aromatic rings. The summed E-state index contributed by atoms with van der Waals surface area (Å²) >= 11 is 0. The number of amides is 1. The number of sulfonamides is 1. The van der Waals surface area contributed by atoms with E-state index < -0.39 is 10.0 Å². The van der Waals surface area contributed by atoms with Crippen molar-refractivity contribution in [1.29, 1.82) is 0 Å². The molecule has 3 atom stereocenters. The fourth-order valence-corrected chi connectivity index (χ4v) is 5.20. The van der Waals surface area contributed by atoms with E-state index in [0.29, 0.717) is 36.1 Å². The first-order chi connectivity index (χ1) is 16.1. The van der Waals surface area contributed by atoms with E-state index in [0.717, 1.165) is 45.4 Å². The number of likely N-dealkylation sites (N-methyl/N-ethyl adjacent to an activating group) is 1. The van der Waals surface area contributed by atoms with E-state index in [-0.39, 0.29) is 24.0 Å². The molecule has 2 heterocycles. The number of carbonyl (C=O) groups excluding carboxylic acids is 1. The standard InChI is InChI=1S/C24H39N3O6S/c1-17-13-27(14-19-8-10-32-11-9-19)18(2)16-33-22-7-6-20(25-34(5,29)30)12-21(22)24(28)26(3)15-23(17)31-4/h6-7,12,17-19,23,25H,8-11,13-16H2,1-5H3/t17-,18-,23+/m0/s1. The first kappa shape index (κ1) is 26.7. The summed E-state index contributed by atoms with van der Waals surface area (Å²) in [4.78, 5) is 17.4. The molecule has 0 aliphatic carbocycles. The summed E-state index contributed by atoms with van der Waals surface area (Å²) in [6, 6.07) is 4.93. The maximum Gasteiger partial charge on any atom is 0.257 e. The highest BCUT2D eigenvalue weighted by Gasteiger charge is 2.30. The Labute approximate surface area is 203 Å². The van der Waals surface area contributed by atoms with Gasteiger partial charge in [0, 0.05) is 58.7 Å². The fraction of sp³-hybridized carbons (Fsp3) is 0.708. The van der Waals surface area contributed by atoms with Gasteiger partial charge in [0.2, 0.25) is 10.0 Å². The average molecular weight is 498 g/mol. The van der Waals surface area contributed by atoms with Gasteiger partial charge in [-0.05, 0) is 49.8 Å². The molecular weight excluding hydrogens is 458 g/mol. The van der Waals surface area contributed by atoms with Crippen LogP contribution < -0.4 is 9.46 Å². The molecule has 1 saturated heterocycles. The van der Waals surface area contributed by atoms with Crippen LogP contribution in [0.2, 0.25) is 0 Å². The second-order valence-corrected chi connectivity index (χ2v) is 11.4. The lowest BCUT2D eigenvalue weighted by atomic mass is 9.96. The lowest BCUT2D eigenvalue weighted by Crippen LogP contribution is -2.48. The SMILES string of the molecule is CO[C@@H]1CN(C)C(=O)c2cc(NS(C)(=O)=O)ccc2OC[C@H](C)N(CC2CCOCC2)C[C@@H]1C. The minimum Gasteiger partial charge on any atom is -0.491 e. The van der Waals surface area contributed by atoms with Crippen LogP contribution in [0.4, 0.5) is 5.69 Å².